The number of amides is 1. The van der Waals surface area contributed by atoms with Crippen molar-refractivity contribution in [2.24, 2.45) is 5.92 Å². The summed E-state index contributed by atoms with van der Waals surface area (Å²) in [5, 5.41) is 5.52. The predicted molar refractivity (Wildman–Crippen MR) is 107 cm³/mol. The summed E-state index contributed by atoms with van der Waals surface area (Å²) in [6, 6.07) is 9.36. The summed E-state index contributed by atoms with van der Waals surface area (Å²) in [7, 11) is 1.63. The summed E-state index contributed by atoms with van der Waals surface area (Å²) in [5.41, 5.74) is 0.919. The maximum absolute atomic E-state index is 12.5. The monoisotopic (exact) mass is 385 g/mol. The lowest BCUT2D eigenvalue weighted by atomic mass is 9.96. The Hall–Kier alpha value is -2.67. The molecule has 0 saturated carbocycles. The third-order valence-corrected chi connectivity index (χ3v) is 5.31. The van der Waals surface area contributed by atoms with Crippen molar-refractivity contribution in [3.05, 3.63) is 58.0 Å². The summed E-state index contributed by atoms with van der Waals surface area (Å²) in [4.78, 5) is 29.9. The normalized spacial score (nSPS) is 12.3. The first kappa shape index (κ1) is 19.1. The molecule has 2 heterocycles. The third kappa shape index (κ3) is 4.36. The van der Waals surface area contributed by atoms with Gasteiger partial charge in [0.05, 0.1) is 24.9 Å². The summed E-state index contributed by atoms with van der Waals surface area (Å²) in [6.45, 7) is 4.43. The van der Waals surface area contributed by atoms with E-state index in [0.717, 1.165) is 16.1 Å². The van der Waals surface area contributed by atoms with Crippen LogP contribution >= 0.6 is 11.3 Å². The van der Waals surface area contributed by atoms with Crippen LogP contribution in [0.1, 0.15) is 31.9 Å². The van der Waals surface area contributed by atoms with E-state index >= 15 is 0 Å². The first-order valence-electron chi connectivity index (χ1n) is 8.85. The third-order valence-electron chi connectivity index (χ3n) is 4.49. The van der Waals surface area contributed by atoms with Gasteiger partial charge in [0.15, 0.2) is 0 Å². The Morgan fingerprint density at radius 1 is 1.26 bits per heavy atom. The molecule has 6 nitrogen and oxygen atoms in total. The number of nitrogens with one attached hydrogen (secondary N) is 1. The standard InChI is InChI=1S/C20H23N3O3S/c1-13(2)18(14-4-6-15(26-3)7-5-14)22-17(24)8-10-23-12-21-19-16(20(23)25)9-11-27-19/h4-7,9,11-13,18H,8,10H2,1-3H3,(H,22,24)/t18-/m0/s1. The molecule has 2 aromatic heterocycles. The molecule has 3 rings (SSSR count). The van der Waals surface area contributed by atoms with E-state index in [1.807, 2.05) is 29.6 Å². The fourth-order valence-corrected chi connectivity index (χ4v) is 3.69. The summed E-state index contributed by atoms with van der Waals surface area (Å²) in [5.74, 6) is 0.916. The zero-order valence-electron chi connectivity index (χ0n) is 15.6. The maximum atomic E-state index is 12.5. The van der Waals surface area contributed by atoms with Gasteiger partial charge in [0.2, 0.25) is 5.91 Å². The van der Waals surface area contributed by atoms with Crippen molar-refractivity contribution in [2.75, 3.05) is 7.11 Å². The van der Waals surface area contributed by atoms with Crippen molar-refractivity contribution in [1.82, 2.24) is 14.9 Å². The van der Waals surface area contributed by atoms with Crippen LogP contribution in [-0.2, 0) is 11.3 Å². The van der Waals surface area contributed by atoms with Crippen LogP contribution in [0.5, 0.6) is 5.75 Å². The molecule has 0 spiro atoms. The number of hydrogen-bond donors (Lipinski definition) is 1. The van der Waals surface area contributed by atoms with Gasteiger partial charge in [-0.3, -0.25) is 14.2 Å². The van der Waals surface area contributed by atoms with Gasteiger partial charge in [0, 0.05) is 13.0 Å². The quantitative estimate of drug-likeness (QED) is 0.677. The molecular weight excluding hydrogens is 362 g/mol. The minimum atomic E-state index is -0.107. The summed E-state index contributed by atoms with van der Waals surface area (Å²) < 4.78 is 6.68. The lowest BCUT2D eigenvalue weighted by Gasteiger charge is -2.23. The highest BCUT2D eigenvalue weighted by molar-refractivity contribution is 7.16. The lowest BCUT2D eigenvalue weighted by molar-refractivity contribution is -0.122. The van der Waals surface area contributed by atoms with Crippen LogP contribution in [0.3, 0.4) is 0 Å². The van der Waals surface area contributed by atoms with Gasteiger partial charge in [0.25, 0.3) is 5.56 Å². The van der Waals surface area contributed by atoms with Gasteiger partial charge in [-0.2, -0.15) is 0 Å². The van der Waals surface area contributed by atoms with Crippen molar-refractivity contribution in [3.8, 4) is 5.75 Å². The molecule has 3 aromatic rings. The van der Waals surface area contributed by atoms with Crippen LogP contribution in [0.2, 0.25) is 0 Å². The van der Waals surface area contributed by atoms with Gasteiger partial charge in [-0.05, 0) is 35.1 Å². The topological polar surface area (TPSA) is 73.2 Å². The molecule has 1 aromatic carbocycles. The molecule has 0 bridgehead atoms. The number of rotatable bonds is 7. The van der Waals surface area contributed by atoms with Gasteiger partial charge < -0.3 is 10.1 Å². The molecule has 0 unspecified atom stereocenters. The number of ether oxygens (including phenoxy) is 1. The van der Waals surface area contributed by atoms with Gasteiger partial charge >= 0.3 is 0 Å². The van der Waals surface area contributed by atoms with Crippen molar-refractivity contribution in [2.45, 2.75) is 32.9 Å². The number of fused-ring (bicyclic) bond motifs is 1. The molecule has 27 heavy (non-hydrogen) atoms. The smallest absolute Gasteiger partial charge is 0.262 e. The molecule has 1 atom stereocenters. The van der Waals surface area contributed by atoms with Gasteiger partial charge in [-0.15, -0.1) is 11.3 Å². The van der Waals surface area contributed by atoms with Crippen LogP contribution in [0.15, 0.2) is 46.8 Å². The van der Waals surface area contributed by atoms with E-state index in [0.29, 0.717) is 11.9 Å². The van der Waals surface area contributed by atoms with Crippen molar-refractivity contribution < 1.29 is 9.53 Å². The zero-order chi connectivity index (χ0) is 19.4. The second-order valence-electron chi connectivity index (χ2n) is 6.69. The Labute approximate surface area is 161 Å². The Morgan fingerprint density at radius 2 is 2.00 bits per heavy atom. The largest absolute Gasteiger partial charge is 0.497 e. The average Bonchev–Trinajstić information content (AvgIpc) is 3.15. The second-order valence-corrected chi connectivity index (χ2v) is 7.59. The average molecular weight is 385 g/mol. The van der Waals surface area contributed by atoms with Crippen molar-refractivity contribution >= 4 is 27.5 Å². The molecule has 0 aliphatic rings. The minimum absolute atomic E-state index is 0.0955. The molecular formula is C20H23N3O3S. The zero-order valence-corrected chi connectivity index (χ0v) is 16.5. The Bertz CT molecular complexity index is 976. The number of carbonyl (C=O) groups is 1. The van der Waals surface area contributed by atoms with Crippen molar-refractivity contribution in [3.63, 3.8) is 0 Å². The molecule has 1 amide bonds. The molecule has 142 valence electrons. The molecule has 7 heteroatoms. The number of aryl methyl sites for hydroxylation is 1. The van der Waals surface area contributed by atoms with Crippen LogP contribution < -0.4 is 15.6 Å². The Balaban J connectivity index is 1.66. The first-order valence-corrected chi connectivity index (χ1v) is 9.73. The van der Waals surface area contributed by atoms with Crippen LogP contribution in [0.4, 0.5) is 0 Å². The van der Waals surface area contributed by atoms with E-state index in [1.54, 1.807) is 13.2 Å². The number of carbonyl (C=O) groups excluding carboxylic acids is 1. The van der Waals surface area contributed by atoms with E-state index in [-0.39, 0.29) is 29.8 Å². The second kappa shape index (κ2) is 8.35. The molecule has 0 aliphatic heterocycles. The number of nitrogens with zero attached hydrogens (tertiary/aromatic N) is 2. The number of aromatic nitrogens is 2. The van der Waals surface area contributed by atoms with Gasteiger partial charge in [-0.1, -0.05) is 26.0 Å². The van der Waals surface area contributed by atoms with E-state index in [4.69, 9.17) is 4.74 Å². The number of benzene rings is 1. The molecule has 1 N–H and O–H groups in total. The SMILES string of the molecule is COc1ccc([C@@H](NC(=O)CCn2cnc3sccc3c2=O)C(C)C)cc1. The summed E-state index contributed by atoms with van der Waals surface area (Å²) in [6.07, 6.45) is 1.73. The fraction of sp³-hybridized carbons (Fsp3) is 0.350. The highest BCUT2D eigenvalue weighted by Crippen LogP contribution is 2.24. The van der Waals surface area contributed by atoms with Crippen LogP contribution in [0.25, 0.3) is 10.2 Å². The lowest BCUT2D eigenvalue weighted by Crippen LogP contribution is -2.33. The van der Waals surface area contributed by atoms with E-state index in [1.165, 1.54) is 22.2 Å². The molecule has 0 fully saturated rings. The highest BCUT2D eigenvalue weighted by Gasteiger charge is 2.18. The van der Waals surface area contributed by atoms with E-state index < -0.39 is 0 Å². The number of thiophene rings is 1. The Kier molecular flexibility index (Phi) is 5.91. The summed E-state index contributed by atoms with van der Waals surface area (Å²) >= 11 is 1.43. The fourth-order valence-electron chi connectivity index (χ4n) is 2.97. The van der Waals surface area contributed by atoms with Gasteiger partial charge in [0.1, 0.15) is 10.6 Å². The number of hydrogen-bond acceptors (Lipinski definition) is 5. The number of methoxy groups -OCH3 is 1. The Morgan fingerprint density at radius 3 is 2.67 bits per heavy atom. The van der Waals surface area contributed by atoms with E-state index in [2.05, 4.69) is 24.1 Å². The predicted octanol–water partition coefficient (Wildman–Crippen LogP) is 3.37. The maximum Gasteiger partial charge on any atom is 0.262 e. The molecule has 0 aliphatic carbocycles. The molecule has 0 saturated heterocycles. The van der Waals surface area contributed by atoms with E-state index in [9.17, 15) is 9.59 Å². The minimum Gasteiger partial charge on any atom is -0.497 e. The first-order chi connectivity index (χ1) is 13.0. The molecule has 0 radical (unpaired) electrons. The van der Waals surface area contributed by atoms with Crippen LogP contribution in [-0.4, -0.2) is 22.6 Å². The van der Waals surface area contributed by atoms with Crippen LogP contribution in [0, 0.1) is 5.92 Å². The van der Waals surface area contributed by atoms with Gasteiger partial charge in [-0.25, -0.2) is 4.98 Å². The van der Waals surface area contributed by atoms with Crippen molar-refractivity contribution in [1.29, 1.82) is 0 Å². The highest BCUT2D eigenvalue weighted by atomic mass is 32.1.